The number of aliphatic carboxylic acids is 1. The average molecular weight is 274 g/mol. The molecule has 0 aromatic heterocycles. The Morgan fingerprint density at radius 3 is 2.35 bits per heavy atom. The number of rotatable bonds is 3. The number of carbonyl (C=O) groups is 1. The van der Waals surface area contributed by atoms with Crippen molar-refractivity contribution in [2.75, 3.05) is 0 Å². The fourth-order valence-electron chi connectivity index (χ4n) is 0.731. The number of carbonyl (C=O) groups excluding carboxylic acids is 1. The van der Waals surface area contributed by atoms with Crippen LogP contribution < -0.4 is 10.5 Å². The molecule has 0 aliphatic heterocycles. The molecule has 0 spiro atoms. The van der Waals surface area contributed by atoms with Crippen LogP contribution in [0.2, 0.25) is 0 Å². The van der Waals surface area contributed by atoms with Gasteiger partial charge >= 0.3 is 5.08 Å². The lowest BCUT2D eigenvalue weighted by Gasteiger charge is -1.96. The predicted octanol–water partition coefficient (Wildman–Crippen LogP) is 1.55. The zero-order chi connectivity index (χ0) is 13.1. The van der Waals surface area contributed by atoms with Gasteiger partial charge in [0.15, 0.2) is 0 Å². The van der Waals surface area contributed by atoms with Crippen molar-refractivity contribution in [3.8, 4) is 0 Å². The topological polar surface area (TPSA) is 80.3 Å². The molecule has 7 heteroatoms. The summed E-state index contributed by atoms with van der Waals surface area (Å²) in [6.07, 6.45) is 3.36. The first-order chi connectivity index (χ1) is 8.07. The summed E-state index contributed by atoms with van der Waals surface area (Å²) in [4.78, 5) is 7.93. The van der Waals surface area contributed by atoms with Gasteiger partial charge in [0.2, 0.25) is 0 Å². The minimum absolute atomic E-state index is 1.06. The van der Waals surface area contributed by atoms with Crippen LogP contribution in [0, 0.1) is 5.39 Å². The highest BCUT2D eigenvalue weighted by Gasteiger charge is 1.93. The summed E-state index contributed by atoms with van der Waals surface area (Å²) in [6, 6.07) is 9.73. The maximum Gasteiger partial charge on any atom is 0.307 e. The van der Waals surface area contributed by atoms with E-state index in [0.717, 1.165) is 5.56 Å². The van der Waals surface area contributed by atoms with Crippen LogP contribution in [-0.4, -0.2) is 10.8 Å². The van der Waals surface area contributed by atoms with Gasteiger partial charge in [0, 0.05) is 0 Å². The van der Waals surface area contributed by atoms with E-state index in [0.29, 0.717) is 0 Å². The first kappa shape index (κ1) is 15.2. The first-order valence-electron chi connectivity index (χ1n) is 4.38. The Balaban J connectivity index is 0.000000366. The Morgan fingerprint density at radius 2 is 1.94 bits per heavy atom. The zero-order valence-corrected chi connectivity index (χ0v) is 10.1. The van der Waals surface area contributed by atoms with Crippen LogP contribution in [0.5, 0.6) is 0 Å². The Kier molecular flexibility index (Phi) is 8.47. The summed E-state index contributed by atoms with van der Waals surface area (Å²) in [5.74, 6) is -1.46. The van der Waals surface area contributed by atoms with Crippen LogP contribution in [0.1, 0.15) is 5.56 Å². The van der Waals surface area contributed by atoms with E-state index in [-0.39, 0.29) is 0 Å². The van der Waals surface area contributed by atoms with E-state index in [2.05, 4.69) is 10.5 Å². The highest BCUT2D eigenvalue weighted by atomic mass is 35.5. The second kappa shape index (κ2) is 9.46. The summed E-state index contributed by atoms with van der Waals surface area (Å²) in [7, 11) is 0. The van der Waals surface area contributed by atoms with Gasteiger partial charge in [0.1, 0.15) is 4.84 Å². The summed E-state index contributed by atoms with van der Waals surface area (Å²) in [5, 5.41) is 20.0. The van der Waals surface area contributed by atoms with Gasteiger partial charge in [0.05, 0.1) is 12.2 Å². The zero-order valence-electron chi connectivity index (χ0n) is 8.59. The molecule has 90 valence electrons. The third kappa shape index (κ3) is 9.18. The number of nitrogens with one attached hydrogen (secondary N) is 1. The lowest BCUT2D eigenvalue weighted by atomic mass is 10.2. The molecular weight excluding hydrogens is 265 g/mol. The van der Waals surface area contributed by atoms with Gasteiger partial charge in [-0.3, -0.25) is 0 Å². The number of alkyl halides is 2. The van der Waals surface area contributed by atoms with Gasteiger partial charge < -0.3 is 9.90 Å². The molecule has 0 atom stereocenters. The van der Waals surface area contributed by atoms with E-state index < -0.39 is 10.8 Å². The molecule has 0 saturated heterocycles. The van der Waals surface area contributed by atoms with E-state index >= 15 is 0 Å². The second-order valence-corrected chi connectivity index (χ2v) is 3.69. The maximum atomic E-state index is 9.32. The van der Waals surface area contributed by atoms with E-state index in [1.54, 1.807) is 12.3 Å². The lowest BCUT2D eigenvalue weighted by molar-refractivity contribution is -0.302. The smallest absolute Gasteiger partial charge is 0.307 e. The first-order valence-corrected chi connectivity index (χ1v) is 5.25. The Bertz CT molecular complexity index is 402. The van der Waals surface area contributed by atoms with Gasteiger partial charge in [-0.2, -0.15) is 0 Å². The molecule has 5 nitrogen and oxygen atoms in total. The van der Waals surface area contributed by atoms with Crippen molar-refractivity contribution in [2.45, 2.75) is 4.84 Å². The third-order valence-electron chi connectivity index (χ3n) is 1.39. The number of diazo groups is 1. The van der Waals surface area contributed by atoms with Crippen molar-refractivity contribution < 1.29 is 9.90 Å². The molecule has 0 fully saturated rings. The van der Waals surface area contributed by atoms with Crippen molar-refractivity contribution >= 4 is 35.2 Å². The van der Waals surface area contributed by atoms with Crippen LogP contribution in [0.25, 0.3) is 11.2 Å². The van der Waals surface area contributed by atoms with Gasteiger partial charge in [0.25, 0.3) is 5.39 Å². The van der Waals surface area contributed by atoms with E-state index in [9.17, 15) is 9.90 Å². The number of hydrogen-bond acceptors (Lipinski definition) is 4. The third-order valence-corrected chi connectivity index (χ3v) is 1.74. The molecule has 0 unspecified atom stereocenters. The molecule has 1 aromatic carbocycles. The quantitative estimate of drug-likeness (QED) is 0.515. The normalized spacial score (nSPS) is 9.29. The standard InChI is InChI=1S/C8H8N3.C2H2Cl2O2/c9-11-10-7-6-8-4-2-1-3-5-8;3-1(4)2(5)6/h1-7,10H;1H,(H,5,6)/q+1;/p-1/b7-6+;. The van der Waals surface area contributed by atoms with E-state index in [4.69, 9.17) is 28.6 Å². The minimum atomic E-state index is -1.46. The largest absolute Gasteiger partial charge is 0.547 e. The minimum Gasteiger partial charge on any atom is -0.547 e. The average Bonchev–Trinajstić information content (AvgIpc) is 2.31. The van der Waals surface area contributed by atoms with Crippen LogP contribution in [0.3, 0.4) is 0 Å². The number of carboxylic acid groups (broad SMARTS) is 1. The number of benzene rings is 1. The van der Waals surface area contributed by atoms with Crippen molar-refractivity contribution in [3.63, 3.8) is 0 Å². The van der Waals surface area contributed by atoms with Gasteiger partial charge in [-0.05, 0) is 17.1 Å². The molecule has 0 saturated carbocycles. The number of hydrogen-bond donors (Lipinski definition) is 1. The molecule has 0 heterocycles. The molecule has 0 aliphatic carbocycles. The molecule has 17 heavy (non-hydrogen) atoms. The fraction of sp³-hybridized carbons (Fsp3) is 0.100. The Morgan fingerprint density at radius 1 is 1.41 bits per heavy atom. The number of nitrogens with zero attached hydrogens (tertiary/aromatic N) is 2. The fourth-order valence-corrected chi connectivity index (χ4v) is 0.731. The lowest BCUT2D eigenvalue weighted by Crippen LogP contribution is -2.28. The van der Waals surface area contributed by atoms with E-state index in [1.165, 1.54) is 0 Å². The van der Waals surface area contributed by atoms with E-state index in [1.807, 2.05) is 30.3 Å². The molecule has 0 bridgehead atoms. The van der Waals surface area contributed by atoms with Crippen LogP contribution in [0.15, 0.2) is 36.5 Å². The van der Waals surface area contributed by atoms with Crippen molar-refractivity contribution in [1.29, 1.82) is 5.39 Å². The number of halogens is 2. The van der Waals surface area contributed by atoms with Crippen LogP contribution in [-0.2, 0) is 4.79 Å². The molecule has 0 amide bonds. The molecular formula is C10H9Cl2N3O2. The highest BCUT2D eigenvalue weighted by Crippen LogP contribution is 1.99. The molecule has 1 N–H and O–H groups in total. The molecule has 0 radical (unpaired) electrons. The molecule has 1 aromatic rings. The second-order valence-electron chi connectivity index (χ2n) is 2.59. The summed E-state index contributed by atoms with van der Waals surface area (Å²) in [5.41, 5.74) is 3.36. The predicted molar refractivity (Wildman–Crippen MR) is 64.2 cm³/mol. The van der Waals surface area contributed by atoms with Crippen LogP contribution in [0.4, 0.5) is 0 Å². The monoisotopic (exact) mass is 273 g/mol. The van der Waals surface area contributed by atoms with Crippen LogP contribution >= 0.6 is 23.2 Å². The van der Waals surface area contributed by atoms with Crippen molar-refractivity contribution in [3.05, 3.63) is 47.2 Å². The van der Waals surface area contributed by atoms with Gasteiger partial charge in [-0.15, -0.1) is 0 Å². The van der Waals surface area contributed by atoms with Gasteiger partial charge in [-0.1, -0.05) is 53.5 Å². The van der Waals surface area contributed by atoms with Gasteiger partial charge in [-0.25, -0.2) is 0 Å². The highest BCUT2D eigenvalue weighted by molar-refractivity contribution is 6.52. The summed E-state index contributed by atoms with van der Waals surface area (Å²) < 4.78 is 0. The number of carboxylic acids is 1. The van der Waals surface area contributed by atoms with Crippen molar-refractivity contribution in [1.82, 2.24) is 5.43 Å². The molecule has 0 aliphatic rings. The maximum absolute atomic E-state index is 9.32. The Labute approximate surface area is 108 Å². The SMILES string of the molecule is N#[N+]N/C=C/c1ccccc1.O=C([O-])C(Cl)Cl. The summed E-state index contributed by atoms with van der Waals surface area (Å²) in [6.45, 7) is 0. The van der Waals surface area contributed by atoms with Crippen molar-refractivity contribution in [2.24, 2.45) is 0 Å². The Hall–Kier alpha value is -1.77. The summed E-state index contributed by atoms with van der Waals surface area (Å²) >= 11 is 9.43. The molecule has 1 rings (SSSR count).